The van der Waals surface area contributed by atoms with E-state index in [4.69, 9.17) is 4.74 Å². The summed E-state index contributed by atoms with van der Waals surface area (Å²) >= 11 is -1.32. The molecule has 1 unspecified atom stereocenters. The Balaban J connectivity index is 0.00000256. The van der Waals surface area contributed by atoms with Gasteiger partial charge < -0.3 is 9.29 Å². The Morgan fingerprint density at radius 1 is 1.53 bits per heavy atom. The number of nitrogens with one attached hydrogen (secondary N) is 1. The smallest absolute Gasteiger partial charge is 0.768 e. The Morgan fingerprint density at radius 3 is 2.59 bits per heavy atom. The molecular formula is C9H12NNaO4S2. The molecule has 90 valence electrons. The van der Waals surface area contributed by atoms with Crippen molar-refractivity contribution in [3.63, 3.8) is 0 Å². The van der Waals surface area contributed by atoms with E-state index < -0.39 is 22.8 Å². The van der Waals surface area contributed by atoms with Crippen molar-refractivity contribution < 1.29 is 47.9 Å². The molecule has 1 amide bonds. The second kappa shape index (κ2) is 6.86. The van der Waals surface area contributed by atoms with Crippen molar-refractivity contribution in [3.8, 4) is 0 Å². The molecule has 0 aliphatic carbocycles. The second-order valence-electron chi connectivity index (χ2n) is 3.98. The van der Waals surface area contributed by atoms with Gasteiger partial charge in [0.15, 0.2) is 0 Å². The first kappa shape index (κ1) is 17.1. The van der Waals surface area contributed by atoms with Gasteiger partial charge in [0.05, 0.1) is 5.69 Å². The summed E-state index contributed by atoms with van der Waals surface area (Å²) < 4.78 is 26.6. The number of hydrogen-bond acceptors (Lipinski definition) is 5. The molecule has 0 radical (unpaired) electrons. The van der Waals surface area contributed by atoms with Gasteiger partial charge in [-0.05, 0) is 43.3 Å². The van der Waals surface area contributed by atoms with E-state index in [-0.39, 0.29) is 39.5 Å². The Bertz CT molecular complexity index is 413. The van der Waals surface area contributed by atoms with E-state index in [0.717, 1.165) is 11.3 Å². The van der Waals surface area contributed by atoms with Crippen LogP contribution in [0, 0.1) is 0 Å². The van der Waals surface area contributed by atoms with Gasteiger partial charge in [0, 0.05) is 0 Å². The first-order valence-electron chi connectivity index (χ1n) is 4.46. The third-order valence-corrected chi connectivity index (χ3v) is 3.34. The summed E-state index contributed by atoms with van der Waals surface area (Å²) in [6, 6.07) is 1.51. The topological polar surface area (TPSA) is 78.5 Å². The van der Waals surface area contributed by atoms with Crippen LogP contribution in [0.4, 0.5) is 10.5 Å². The molecule has 0 aliphatic heterocycles. The van der Waals surface area contributed by atoms with Crippen molar-refractivity contribution in [2.45, 2.75) is 30.6 Å². The number of rotatable bonds is 2. The van der Waals surface area contributed by atoms with Crippen LogP contribution in [-0.2, 0) is 15.8 Å². The molecule has 17 heavy (non-hydrogen) atoms. The molecule has 1 aromatic heterocycles. The van der Waals surface area contributed by atoms with E-state index in [1.165, 1.54) is 6.07 Å². The molecule has 1 rings (SSSR count). The van der Waals surface area contributed by atoms with Gasteiger partial charge in [-0.2, -0.15) is 0 Å². The monoisotopic (exact) mass is 285 g/mol. The van der Waals surface area contributed by atoms with E-state index in [1.54, 1.807) is 26.2 Å². The Labute approximate surface area is 129 Å². The fraction of sp³-hybridized carbons (Fsp3) is 0.444. The summed E-state index contributed by atoms with van der Waals surface area (Å²) in [5.41, 5.74) is -0.371. The predicted octanol–water partition coefficient (Wildman–Crippen LogP) is -0.663. The zero-order valence-corrected chi connectivity index (χ0v) is 13.7. The molecule has 0 fully saturated rings. The Morgan fingerprint density at radius 2 is 2.12 bits per heavy atom. The Kier molecular flexibility index (Phi) is 6.90. The van der Waals surface area contributed by atoms with Crippen LogP contribution < -0.4 is 34.9 Å². The first-order chi connectivity index (χ1) is 7.29. The van der Waals surface area contributed by atoms with Gasteiger partial charge in [0.25, 0.3) is 0 Å². The van der Waals surface area contributed by atoms with E-state index in [1.807, 2.05) is 0 Å². The van der Waals surface area contributed by atoms with E-state index in [0.29, 0.717) is 0 Å². The van der Waals surface area contributed by atoms with Gasteiger partial charge in [-0.25, -0.2) is 4.79 Å². The van der Waals surface area contributed by atoms with Gasteiger partial charge in [0.1, 0.15) is 9.81 Å². The zero-order valence-electron chi connectivity index (χ0n) is 10.1. The normalized spacial score (nSPS) is 12.5. The van der Waals surface area contributed by atoms with Crippen molar-refractivity contribution >= 4 is 34.2 Å². The molecule has 0 saturated carbocycles. The number of carbonyl (C=O) groups excluding carboxylic acids is 1. The van der Waals surface area contributed by atoms with E-state index in [2.05, 4.69) is 5.32 Å². The number of hydrogen-bond donors (Lipinski definition) is 1. The van der Waals surface area contributed by atoms with Crippen LogP contribution in [0.2, 0.25) is 0 Å². The van der Waals surface area contributed by atoms with Crippen molar-refractivity contribution in [1.29, 1.82) is 0 Å². The largest absolute Gasteiger partial charge is 1.00 e. The van der Waals surface area contributed by atoms with Crippen molar-refractivity contribution in [3.05, 3.63) is 11.4 Å². The van der Waals surface area contributed by atoms with Gasteiger partial charge in [-0.15, -0.1) is 11.3 Å². The van der Waals surface area contributed by atoms with Crippen LogP contribution in [0.25, 0.3) is 0 Å². The molecule has 1 heterocycles. The summed E-state index contributed by atoms with van der Waals surface area (Å²) in [6.45, 7) is 5.19. The molecule has 0 spiro atoms. The fourth-order valence-corrected chi connectivity index (χ4v) is 2.28. The van der Waals surface area contributed by atoms with E-state index >= 15 is 0 Å². The summed E-state index contributed by atoms with van der Waals surface area (Å²) in [4.78, 5) is 11.4. The molecular weight excluding hydrogens is 273 g/mol. The number of ether oxygens (including phenoxy) is 1. The van der Waals surface area contributed by atoms with Crippen LogP contribution in [0.5, 0.6) is 0 Å². The molecule has 1 aromatic rings. The Hall–Kier alpha value is 0.0800. The maximum absolute atomic E-state index is 11.4. The minimum Gasteiger partial charge on any atom is -0.768 e. The van der Waals surface area contributed by atoms with Crippen LogP contribution >= 0.6 is 11.3 Å². The van der Waals surface area contributed by atoms with Gasteiger partial charge in [-0.1, -0.05) is 0 Å². The quantitative estimate of drug-likeness (QED) is 0.578. The van der Waals surface area contributed by atoms with Crippen LogP contribution in [0.1, 0.15) is 20.8 Å². The molecule has 0 aliphatic rings. The minimum atomic E-state index is -2.35. The summed E-state index contributed by atoms with van der Waals surface area (Å²) in [5, 5.41) is 3.97. The maximum atomic E-state index is 11.4. The number of anilines is 1. The molecule has 1 N–H and O–H groups in total. The summed E-state index contributed by atoms with van der Waals surface area (Å²) in [6.07, 6.45) is -0.669. The predicted molar refractivity (Wildman–Crippen MR) is 61.4 cm³/mol. The standard InChI is InChI=1S/C9H13NO4S2.Na/c1-9(2,3)14-8(11)10-6-4-5-15-7(6)16(12)13;/h4-5H,1-3H3,(H,10,11)(H,12,13);/q;+1/p-1. The van der Waals surface area contributed by atoms with Crippen LogP contribution in [0.3, 0.4) is 0 Å². The number of amides is 1. The zero-order chi connectivity index (χ0) is 12.3. The average Bonchev–Trinajstić information content (AvgIpc) is 2.47. The van der Waals surface area contributed by atoms with Crippen molar-refractivity contribution in [2.75, 3.05) is 5.32 Å². The van der Waals surface area contributed by atoms with Crippen LogP contribution in [-0.4, -0.2) is 20.5 Å². The molecule has 8 heteroatoms. The fourth-order valence-electron chi connectivity index (χ4n) is 0.931. The van der Waals surface area contributed by atoms with Gasteiger partial charge >= 0.3 is 35.7 Å². The van der Waals surface area contributed by atoms with Gasteiger partial charge in [-0.3, -0.25) is 9.53 Å². The SMILES string of the molecule is CC(C)(C)OC(=O)Nc1ccsc1S(=O)[O-].[Na+]. The average molecular weight is 285 g/mol. The molecule has 1 atom stereocenters. The number of thiophene rings is 1. The van der Waals surface area contributed by atoms with Crippen molar-refractivity contribution in [2.24, 2.45) is 0 Å². The third-order valence-electron chi connectivity index (χ3n) is 1.42. The number of carbonyl (C=O) groups is 1. The molecule has 0 bridgehead atoms. The van der Waals surface area contributed by atoms with Crippen molar-refractivity contribution in [1.82, 2.24) is 0 Å². The summed E-state index contributed by atoms with van der Waals surface area (Å²) in [7, 11) is 0. The summed E-state index contributed by atoms with van der Waals surface area (Å²) in [5.74, 6) is 0. The van der Waals surface area contributed by atoms with Crippen LogP contribution in [0.15, 0.2) is 15.7 Å². The molecule has 0 saturated heterocycles. The minimum absolute atomic E-state index is 0. The first-order valence-corrected chi connectivity index (χ1v) is 6.42. The van der Waals surface area contributed by atoms with E-state index in [9.17, 15) is 13.6 Å². The maximum Gasteiger partial charge on any atom is 1.00 e. The third kappa shape index (κ3) is 5.98. The van der Waals surface area contributed by atoms with Gasteiger partial charge in [0.2, 0.25) is 0 Å². The molecule has 0 aromatic carbocycles. The molecule has 5 nitrogen and oxygen atoms in total. The second-order valence-corrected chi connectivity index (χ2v) is 6.04.